The van der Waals surface area contributed by atoms with Gasteiger partial charge in [-0.3, -0.25) is 19.3 Å². The second-order valence-electron chi connectivity index (χ2n) is 5.97. The zero-order chi connectivity index (χ0) is 15.7. The Morgan fingerprint density at radius 1 is 1.09 bits per heavy atom. The quantitative estimate of drug-likeness (QED) is 0.870. The van der Waals surface area contributed by atoms with E-state index in [0.29, 0.717) is 17.5 Å². The molecule has 2 aliphatic heterocycles. The largest absolute Gasteiger partial charge is 0.352 e. The summed E-state index contributed by atoms with van der Waals surface area (Å²) in [4.78, 5) is 38.6. The summed E-state index contributed by atoms with van der Waals surface area (Å²) in [6.45, 7) is 2.08. The molecule has 1 aromatic rings. The maximum Gasteiger partial charge on any atom is 0.262 e. The number of amides is 3. The topological polar surface area (TPSA) is 66.5 Å². The number of fused-ring (bicyclic) bond motifs is 1. The maximum atomic E-state index is 12.5. The average Bonchev–Trinajstić information content (AvgIpc) is 2.65. The number of rotatable bonds is 3. The van der Waals surface area contributed by atoms with Crippen LogP contribution in [0.4, 0.5) is 0 Å². The lowest BCUT2D eigenvalue weighted by molar-refractivity contribution is -0.125. The molecule has 5 nitrogen and oxygen atoms in total. The molecule has 1 N–H and O–H groups in total. The highest BCUT2D eigenvalue weighted by atomic mass is 16.2. The van der Waals surface area contributed by atoms with Crippen LogP contribution < -0.4 is 5.32 Å². The van der Waals surface area contributed by atoms with Crippen LogP contribution in [0.3, 0.4) is 0 Å². The van der Waals surface area contributed by atoms with Crippen LogP contribution in [-0.2, 0) is 4.79 Å². The first-order valence-electron chi connectivity index (χ1n) is 7.90. The van der Waals surface area contributed by atoms with Crippen molar-refractivity contribution in [3.63, 3.8) is 0 Å². The van der Waals surface area contributed by atoms with E-state index in [-0.39, 0.29) is 23.8 Å². The van der Waals surface area contributed by atoms with Gasteiger partial charge in [-0.15, -0.1) is 0 Å². The summed E-state index contributed by atoms with van der Waals surface area (Å²) in [5.41, 5.74) is 0.796. The predicted octanol–water partition coefficient (Wildman–Crippen LogP) is 2.12. The Hall–Kier alpha value is -2.17. The Labute approximate surface area is 129 Å². The van der Waals surface area contributed by atoms with Crippen LogP contribution in [0.25, 0.3) is 0 Å². The van der Waals surface area contributed by atoms with Crippen LogP contribution >= 0.6 is 0 Å². The molecule has 2 heterocycles. The first kappa shape index (κ1) is 14.8. The third-order valence-electron chi connectivity index (χ3n) is 4.45. The first-order chi connectivity index (χ1) is 10.6. The maximum absolute atomic E-state index is 12.5. The third-order valence-corrected chi connectivity index (χ3v) is 4.45. The van der Waals surface area contributed by atoms with Crippen LogP contribution in [0.1, 0.15) is 59.7 Å². The van der Waals surface area contributed by atoms with Crippen molar-refractivity contribution < 1.29 is 14.4 Å². The fraction of sp³-hybridized carbons (Fsp3) is 0.471. The number of hydrogen-bond donors (Lipinski definition) is 1. The van der Waals surface area contributed by atoms with Gasteiger partial charge in [0.15, 0.2) is 0 Å². The van der Waals surface area contributed by atoms with E-state index in [4.69, 9.17) is 0 Å². The fourth-order valence-corrected chi connectivity index (χ4v) is 3.36. The highest BCUT2D eigenvalue weighted by Gasteiger charge is 2.43. The van der Waals surface area contributed by atoms with E-state index in [1.807, 2.05) is 0 Å². The Kier molecular flexibility index (Phi) is 3.96. The molecule has 3 amide bonds. The van der Waals surface area contributed by atoms with Gasteiger partial charge in [-0.25, -0.2) is 0 Å². The second kappa shape index (κ2) is 5.91. The van der Waals surface area contributed by atoms with Crippen molar-refractivity contribution in [2.75, 3.05) is 0 Å². The van der Waals surface area contributed by atoms with E-state index < -0.39 is 6.04 Å². The minimum Gasteiger partial charge on any atom is -0.352 e. The molecular weight excluding hydrogens is 280 g/mol. The van der Waals surface area contributed by atoms with Gasteiger partial charge in [-0.2, -0.15) is 0 Å². The van der Waals surface area contributed by atoms with Crippen molar-refractivity contribution >= 4 is 17.7 Å². The molecule has 3 rings (SSSR count). The number of nitrogens with one attached hydrogen (secondary N) is 1. The molecule has 1 fully saturated rings. The summed E-state index contributed by atoms with van der Waals surface area (Å²) in [6.07, 6.45) is 4.21. The van der Waals surface area contributed by atoms with E-state index in [1.165, 1.54) is 0 Å². The van der Waals surface area contributed by atoms with Crippen molar-refractivity contribution in [2.45, 2.75) is 51.1 Å². The monoisotopic (exact) mass is 300 g/mol. The summed E-state index contributed by atoms with van der Waals surface area (Å²) < 4.78 is 0. The smallest absolute Gasteiger partial charge is 0.262 e. The number of carbonyl (C=O) groups excluding carboxylic acids is 3. The van der Waals surface area contributed by atoms with Gasteiger partial charge in [-0.05, 0) is 37.8 Å². The molecule has 5 heteroatoms. The van der Waals surface area contributed by atoms with Crippen molar-refractivity contribution in [3.05, 3.63) is 35.4 Å². The molecule has 0 unspecified atom stereocenters. The zero-order valence-electron chi connectivity index (χ0n) is 12.7. The molecule has 1 saturated heterocycles. The van der Waals surface area contributed by atoms with Crippen LogP contribution in [0.2, 0.25) is 0 Å². The Morgan fingerprint density at radius 3 is 2.32 bits per heavy atom. The van der Waals surface area contributed by atoms with Gasteiger partial charge in [-0.1, -0.05) is 25.5 Å². The number of benzene rings is 1. The molecule has 1 aromatic carbocycles. The van der Waals surface area contributed by atoms with Gasteiger partial charge in [0, 0.05) is 6.04 Å². The number of imide groups is 1. The molecule has 0 aromatic heterocycles. The molecule has 0 saturated carbocycles. The van der Waals surface area contributed by atoms with Gasteiger partial charge < -0.3 is 5.32 Å². The second-order valence-corrected chi connectivity index (χ2v) is 5.97. The van der Waals surface area contributed by atoms with Crippen LogP contribution in [0.5, 0.6) is 0 Å². The van der Waals surface area contributed by atoms with E-state index in [1.54, 1.807) is 24.3 Å². The molecule has 0 spiro atoms. The van der Waals surface area contributed by atoms with Gasteiger partial charge in [0.25, 0.3) is 11.8 Å². The summed E-state index contributed by atoms with van der Waals surface area (Å²) in [6, 6.07) is 6.22. The van der Waals surface area contributed by atoms with Crippen LogP contribution in [-0.4, -0.2) is 34.7 Å². The first-order valence-corrected chi connectivity index (χ1v) is 7.90. The van der Waals surface area contributed by atoms with Crippen molar-refractivity contribution in [3.8, 4) is 0 Å². The molecule has 22 heavy (non-hydrogen) atoms. The van der Waals surface area contributed by atoms with Crippen LogP contribution in [0.15, 0.2) is 24.3 Å². The van der Waals surface area contributed by atoms with E-state index in [9.17, 15) is 14.4 Å². The lowest BCUT2D eigenvalue weighted by Crippen LogP contribution is -2.50. The summed E-state index contributed by atoms with van der Waals surface area (Å²) in [5.74, 6) is -0.908. The van der Waals surface area contributed by atoms with E-state index >= 15 is 0 Å². The van der Waals surface area contributed by atoms with Gasteiger partial charge in [0.2, 0.25) is 5.91 Å². The third kappa shape index (κ3) is 2.40. The Morgan fingerprint density at radius 2 is 1.73 bits per heavy atom. The van der Waals surface area contributed by atoms with Crippen molar-refractivity contribution in [1.29, 1.82) is 0 Å². The minimum atomic E-state index is -0.686. The lowest BCUT2D eigenvalue weighted by atomic mass is 10.1. The molecular formula is C17H20N2O3. The van der Waals surface area contributed by atoms with Crippen molar-refractivity contribution in [1.82, 2.24) is 10.2 Å². The molecule has 0 bridgehead atoms. The SMILES string of the molecule is CCC[C@@H]1CCC[C@H](N2C(=O)c3ccccc3C2=O)C(=O)N1. The fourth-order valence-electron chi connectivity index (χ4n) is 3.36. The van der Waals surface area contributed by atoms with Gasteiger partial charge in [0.05, 0.1) is 11.1 Å². The number of nitrogens with zero attached hydrogens (tertiary/aromatic N) is 1. The number of hydrogen-bond acceptors (Lipinski definition) is 3. The number of carbonyl (C=O) groups is 3. The normalized spacial score (nSPS) is 25.0. The lowest BCUT2D eigenvalue weighted by Gasteiger charge is -2.24. The Balaban J connectivity index is 1.84. The predicted molar refractivity (Wildman–Crippen MR) is 81.4 cm³/mol. The van der Waals surface area contributed by atoms with Gasteiger partial charge in [0.1, 0.15) is 6.04 Å². The summed E-state index contributed by atoms with van der Waals surface area (Å²) in [5, 5.41) is 2.99. The zero-order valence-corrected chi connectivity index (χ0v) is 12.7. The molecule has 0 aliphatic carbocycles. The summed E-state index contributed by atoms with van der Waals surface area (Å²) >= 11 is 0. The average molecular weight is 300 g/mol. The summed E-state index contributed by atoms with van der Waals surface area (Å²) in [7, 11) is 0. The van der Waals surface area contributed by atoms with Gasteiger partial charge >= 0.3 is 0 Å². The standard InChI is InChI=1S/C17H20N2O3/c1-2-6-11-7-5-10-14(15(20)18-11)19-16(21)12-8-3-4-9-13(12)17(19)22/h3-4,8-9,11,14H,2,5-7,10H2,1H3,(H,18,20)/t11-,14+/m1/s1. The molecule has 0 radical (unpaired) electrons. The van der Waals surface area contributed by atoms with Crippen LogP contribution in [0, 0.1) is 0 Å². The van der Waals surface area contributed by atoms with E-state index in [0.717, 1.165) is 30.6 Å². The minimum absolute atomic E-state index is 0.151. The Bertz CT molecular complexity index is 591. The molecule has 2 atom stereocenters. The van der Waals surface area contributed by atoms with Crippen molar-refractivity contribution in [2.24, 2.45) is 0 Å². The highest BCUT2D eigenvalue weighted by Crippen LogP contribution is 2.27. The molecule has 2 aliphatic rings. The van der Waals surface area contributed by atoms with E-state index in [2.05, 4.69) is 12.2 Å². The molecule has 116 valence electrons. The highest BCUT2D eigenvalue weighted by molar-refractivity contribution is 6.22.